The molecule has 0 saturated heterocycles. The van der Waals surface area contributed by atoms with Crippen molar-refractivity contribution in [3.05, 3.63) is 88.9 Å². The maximum Gasteiger partial charge on any atom is 0.303 e. The van der Waals surface area contributed by atoms with Crippen LogP contribution < -0.4 is 0 Å². The Kier molecular flexibility index (Phi) is 9.51. The van der Waals surface area contributed by atoms with E-state index in [-0.39, 0.29) is 6.42 Å². The molecular weight excluding hydrogens is 511 g/mol. The zero-order chi connectivity index (χ0) is 25.3. The van der Waals surface area contributed by atoms with Gasteiger partial charge in [0.25, 0.3) is 0 Å². The molecule has 0 aliphatic heterocycles. The van der Waals surface area contributed by atoms with Crippen molar-refractivity contribution < 1.29 is 9.90 Å². The number of para-hydroxylation sites is 1. The molecule has 0 fully saturated rings. The Labute approximate surface area is 226 Å². The SMILES string of the molecule is O=C(O)CCCCCCCSc1nc(-c2ccc(Cl)cc2)c(-c2ccc(Cl)cc2)n1-c1ccccc1. The first-order valence-corrected chi connectivity index (χ1v) is 13.8. The van der Waals surface area contributed by atoms with E-state index in [1.807, 2.05) is 66.7 Å². The number of halogens is 2. The molecule has 0 amide bonds. The molecule has 4 nitrogen and oxygen atoms in total. The van der Waals surface area contributed by atoms with Crippen molar-refractivity contribution in [2.45, 2.75) is 43.7 Å². The standard InChI is InChI=1S/C29H28Cl2N2O2S/c30-23-16-12-21(13-17-23)27-28(22-14-18-24(31)19-15-22)33(25-9-5-4-6-10-25)29(32-27)36-20-8-3-1-2-7-11-26(34)35/h4-6,9-10,12-19H,1-3,7-8,11,20H2,(H,34,35). The minimum Gasteiger partial charge on any atom is -0.481 e. The summed E-state index contributed by atoms with van der Waals surface area (Å²) in [6, 6.07) is 25.9. The molecular formula is C29H28Cl2N2O2S. The van der Waals surface area contributed by atoms with Crippen LogP contribution in [0.15, 0.2) is 84.0 Å². The number of carboxylic acids is 1. The van der Waals surface area contributed by atoms with E-state index < -0.39 is 5.97 Å². The van der Waals surface area contributed by atoms with E-state index in [1.54, 1.807) is 11.8 Å². The van der Waals surface area contributed by atoms with Crippen molar-refractivity contribution in [1.29, 1.82) is 0 Å². The number of carbonyl (C=O) groups is 1. The number of hydrogen-bond acceptors (Lipinski definition) is 3. The van der Waals surface area contributed by atoms with Crippen LogP contribution in [0.1, 0.15) is 38.5 Å². The average Bonchev–Trinajstić information content (AvgIpc) is 3.26. The lowest BCUT2D eigenvalue weighted by Gasteiger charge is -2.13. The third-order valence-corrected chi connectivity index (χ3v) is 7.39. The summed E-state index contributed by atoms with van der Waals surface area (Å²) in [7, 11) is 0. The fourth-order valence-electron chi connectivity index (χ4n) is 4.07. The summed E-state index contributed by atoms with van der Waals surface area (Å²) in [5, 5.41) is 11.1. The predicted molar refractivity (Wildman–Crippen MR) is 151 cm³/mol. The Morgan fingerprint density at radius 3 is 2.00 bits per heavy atom. The van der Waals surface area contributed by atoms with Gasteiger partial charge in [0.1, 0.15) is 0 Å². The van der Waals surface area contributed by atoms with Gasteiger partial charge in [-0.3, -0.25) is 9.36 Å². The van der Waals surface area contributed by atoms with Crippen LogP contribution in [0.5, 0.6) is 0 Å². The van der Waals surface area contributed by atoms with Gasteiger partial charge in [0.15, 0.2) is 5.16 Å². The van der Waals surface area contributed by atoms with E-state index in [4.69, 9.17) is 33.3 Å². The maximum absolute atomic E-state index is 10.7. The first-order chi connectivity index (χ1) is 17.5. The number of aromatic nitrogens is 2. The van der Waals surface area contributed by atoms with Crippen LogP contribution in [0.3, 0.4) is 0 Å². The van der Waals surface area contributed by atoms with E-state index in [9.17, 15) is 4.79 Å². The van der Waals surface area contributed by atoms with Crippen molar-refractivity contribution in [3.63, 3.8) is 0 Å². The molecule has 0 aliphatic carbocycles. The predicted octanol–water partition coefficient (Wildman–Crippen LogP) is 9.03. The largest absolute Gasteiger partial charge is 0.481 e. The van der Waals surface area contributed by atoms with Gasteiger partial charge in [0.2, 0.25) is 0 Å². The molecule has 1 N–H and O–H groups in total. The highest BCUT2D eigenvalue weighted by Gasteiger charge is 2.21. The van der Waals surface area contributed by atoms with E-state index >= 15 is 0 Å². The number of nitrogens with zero attached hydrogens (tertiary/aromatic N) is 2. The highest BCUT2D eigenvalue weighted by Crippen LogP contribution is 2.39. The molecule has 0 spiro atoms. The Morgan fingerprint density at radius 2 is 1.36 bits per heavy atom. The number of imidazole rings is 1. The van der Waals surface area contributed by atoms with Gasteiger partial charge in [-0.2, -0.15) is 0 Å². The fourth-order valence-corrected chi connectivity index (χ4v) is 5.33. The van der Waals surface area contributed by atoms with Crippen LogP contribution in [0.4, 0.5) is 0 Å². The number of thioether (sulfide) groups is 1. The van der Waals surface area contributed by atoms with Crippen LogP contribution in [0.2, 0.25) is 10.0 Å². The molecule has 1 heterocycles. The van der Waals surface area contributed by atoms with E-state index in [0.29, 0.717) is 10.0 Å². The number of benzene rings is 3. The first-order valence-electron chi connectivity index (χ1n) is 12.1. The van der Waals surface area contributed by atoms with Gasteiger partial charge in [-0.05, 0) is 49.2 Å². The molecule has 3 aromatic carbocycles. The molecule has 0 aliphatic rings. The number of unbranched alkanes of at least 4 members (excludes halogenated alkanes) is 4. The molecule has 4 rings (SSSR count). The van der Waals surface area contributed by atoms with Crippen molar-refractivity contribution in [2.24, 2.45) is 0 Å². The Hall–Kier alpha value is -2.73. The number of carboxylic acid groups (broad SMARTS) is 1. The lowest BCUT2D eigenvalue weighted by Crippen LogP contribution is -2.00. The molecule has 7 heteroatoms. The second kappa shape index (κ2) is 13.0. The quantitative estimate of drug-likeness (QED) is 0.144. The molecule has 0 bridgehead atoms. The van der Waals surface area contributed by atoms with Gasteiger partial charge >= 0.3 is 5.97 Å². The Morgan fingerprint density at radius 1 is 0.778 bits per heavy atom. The zero-order valence-corrected chi connectivity index (χ0v) is 22.2. The van der Waals surface area contributed by atoms with E-state index in [2.05, 4.69) is 16.7 Å². The van der Waals surface area contributed by atoms with Crippen molar-refractivity contribution in [1.82, 2.24) is 9.55 Å². The second-order valence-electron chi connectivity index (χ2n) is 8.54. The third kappa shape index (κ3) is 6.94. The maximum atomic E-state index is 10.7. The van der Waals surface area contributed by atoms with Crippen LogP contribution in [-0.4, -0.2) is 26.4 Å². The summed E-state index contributed by atoms with van der Waals surface area (Å²) in [5.74, 6) is 0.217. The lowest BCUT2D eigenvalue weighted by molar-refractivity contribution is -0.137. The monoisotopic (exact) mass is 538 g/mol. The molecule has 0 radical (unpaired) electrons. The van der Waals surface area contributed by atoms with Crippen LogP contribution >= 0.6 is 35.0 Å². The second-order valence-corrected chi connectivity index (χ2v) is 10.5. The van der Waals surface area contributed by atoms with Crippen molar-refractivity contribution >= 4 is 40.9 Å². The molecule has 4 aromatic rings. The fraction of sp³-hybridized carbons (Fsp3) is 0.241. The topological polar surface area (TPSA) is 55.1 Å². The number of hydrogen-bond donors (Lipinski definition) is 1. The summed E-state index contributed by atoms with van der Waals surface area (Å²) in [6.07, 6.45) is 5.13. The smallest absolute Gasteiger partial charge is 0.303 e. The van der Waals surface area contributed by atoms with E-state index in [1.165, 1.54) is 0 Å². The normalized spacial score (nSPS) is 11.1. The number of rotatable bonds is 12. The molecule has 0 atom stereocenters. The van der Waals surface area contributed by atoms with Crippen LogP contribution in [0, 0.1) is 0 Å². The summed E-state index contributed by atoms with van der Waals surface area (Å²) in [4.78, 5) is 15.8. The average molecular weight is 540 g/mol. The molecule has 1 aromatic heterocycles. The van der Waals surface area contributed by atoms with Gasteiger partial charge < -0.3 is 5.11 Å². The van der Waals surface area contributed by atoms with Gasteiger partial charge in [-0.25, -0.2) is 4.98 Å². The van der Waals surface area contributed by atoms with Gasteiger partial charge in [0.05, 0.1) is 11.4 Å². The van der Waals surface area contributed by atoms with Crippen LogP contribution in [-0.2, 0) is 4.79 Å². The lowest BCUT2D eigenvalue weighted by atomic mass is 10.0. The van der Waals surface area contributed by atoms with Crippen LogP contribution in [0.25, 0.3) is 28.2 Å². The van der Waals surface area contributed by atoms with E-state index in [0.717, 1.165) is 71.2 Å². The number of aliphatic carboxylic acids is 1. The highest BCUT2D eigenvalue weighted by molar-refractivity contribution is 7.99. The van der Waals surface area contributed by atoms with Crippen molar-refractivity contribution in [3.8, 4) is 28.2 Å². The Bertz CT molecular complexity index is 1270. The molecule has 0 saturated carbocycles. The highest BCUT2D eigenvalue weighted by atomic mass is 35.5. The minimum atomic E-state index is -0.716. The van der Waals surface area contributed by atoms with Gasteiger partial charge in [0, 0.05) is 39.0 Å². The third-order valence-electron chi connectivity index (χ3n) is 5.86. The summed E-state index contributed by atoms with van der Waals surface area (Å²) in [6.45, 7) is 0. The summed E-state index contributed by atoms with van der Waals surface area (Å²) >= 11 is 14.1. The molecule has 186 valence electrons. The summed E-state index contributed by atoms with van der Waals surface area (Å²) < 4.78 is 2.23. The molecule has 0 unspecified atom stereocenters. The Balaban J connectivity index is 1.65. The van der Waals surface area contributed by atoms with Gasteiger partial charge in [-0.15, -0.1) is 0 Å². The minimum absolute atomic E-state index is 0.254. The first kappa shape index (κ1) is 26.3. The zero-order valence-electron chi connectivity index (χ0n) is 19.9. The van der Waals surface area contributed by atoms with Crippen molar-refractivity contribution in [2.75, 3.05) is 5.75 Å². The molecule has 36 heavy (non-hydrogen) atoms. The summed E-state index contributed by atoms with van der Waals surface area (Å²) in [5.41, 5.74) is 4.99. The van der Waals surface area contributed by atoms with Gasteiger partial charge in [-0.1, -0.05) is 96.7 Å².